The summed E-state index contributed by atoms with van der Waals surface area (Å²) in [6.45, 7) is 14.1. The predicted octanol–water partition coefficient (Wildman–Crippen LogP) is 7.23. The highest BCUT2D eigenvalue weighted by molar-refractivity contribution is 6.07. The first-order valence-corrected chi connectivity index (χ1v) is 10.8. The monoisotopic (exact) mass is 444 g/mol. The molecular weight excluding hydrogens is 411 g/mol. The van der Waals surface area contributed by atoms with Crippen LogP contribution in [0.3, 0.4) is 0 Å². The van der Waals surface area contributed by atoms with Gasteiger partial charge in [-0.15, -0.1) is 0 Å². The van der Waals surface area contributed by atoms with Crippen molar-refractivity contribution >= 4 is 17.2 Å². The first-order chi connectivity index (χ1) is 15.7. The highest BCUT2D eigenvalue weighted by Gasteiger charge is 2.12. The van der Waals surface area contributed by atoms with Crippen molar-refractivity contribution in [1.29, 1.82) is 5.26 Å². The summed E-state index contributed by atoms with van der Waals surface area (Å²) >= 11 is 0. The molecule has 5 heteroatoms. The third kappa shape index (κ3) is 8.31. The Hall–Kier alpha value is -3.83. The molecule has 0 bridgehead atoms. The van der Waals surface area contributed by atoms with Crippen LogP contribution in [0, 0.1) is 29.6 Å². The lowest BCUT2D eigenvalue weighted by atomic mass is 10.0. The van der Waals surface area contributed by atoms with Crippen molar-refractivity contribution in [2.75, 3.05) is 17.3 Å². The first kappa shape index (κ1) is 27.2. The zero-order valence-corrected chi connectivity index (χ0v) is 20.4. The van der Waals surface area contributed by atoms with E-state index >= 15 is 0 Å². The fourth-order valence-corrected chi connectivity index (χ4v) is 2.83. The van der Waals surface area contributed by atoms with Crippen LogP contribution in [0.4, 0.5) is 15.8 Å². The van der Waals surface area contributed by atoms with Crippen molar-refractivity contribution in [3.63, 3.8) is 0 Å². The molecule has 2 aromatic carbocycles. The van der Waals surface area contributed by atoms with Crippen LogP contribution < -0.4 is 10.2 Å². The van der Waals surface area contributed by atoms with Crippen LogP contribution in [-0.2, 0) is 0 Å². The van der Waals surface area contributed by atoms with Crippen LogP contribution in [0.2, 0.25) is 0 Å². The number of rotatable bonds is 6. The van der Waals surface area contributed by atoms with E-state index in [1.165, 1.54) is 11.6 Å². The maximum atomic E-state index is 12.5. The minimum absolute atomic E-state index is 0.147. The van der Waals surface area contributed by atoms with E-state index in [9.17, 15) is 4.39 Å². The molecule has 0 saturated carbocycles. The summed E-state index contributed by atoms with van der Waals surface area (Å²) in [5, 5.41) is 12.0. The van der Waals surface area contributed by atoms with E-state index in [0.717, 1.165) is 29.1 Å². The Morgan fingerprint density at radius 1 is 1.27 bits per heavy atom. The molecule has 0 aromatic heterocycles. The Bertz CT molecular complexity index is 1100. The number of nitriles is 1. The lowest BCUT2D eigenvalue weighted by Gasteiger charge is -2.22. The Kier molecular flexibility index (Phi) is 11.2. The fraction of sp³-hybridized carbons (Fsp3) is 0.286. The molecule has 172 valence electrons. The van der Waals surface area contributed by atoms with Crippen molar-refractivity contribution in [2.45, 2.75) is 47.0 Å². The van der Waals surface area contributed by atoms with E-state index in [0.29, 0.717) is 17.3 Å². The molecule has 0 saturated heterocycles. The molecule has 1 N–H and O–H groups in total. The summed E-state index contributed by atoms with van der Waals surface area (Å²) in [5.41, 5.74) is 5.28. The number of nitrogens with zero attached hydrogens (tertiary/aromatic N) is 3. The van der Waals surface area contributed by atoms with Crippen LogP contribution in [0.25, 0.3) is 0 Å². The number of allylic oxidation sites excluding steroid dienone is 2. The predicted molar refractivity (Wildman–Crippen MR) is 139 cm³/mol. The Labute approximate surface area is 198 Å². The van der Waals surface area contributed by atoms with Crippen LogP contribution >= 0.6 is 0 Å². The van der Waals surface area contributed by atoms with Crippen molar-refractivity contribution in [3.8, 4) is 18.5 Å². The van der Waals surface area contributed by atoms with Gasteiger partial charge in [0.15, 0.2) is 0 Å². The van der Waals surface area contributed by atoms with Gasteiger partial charge in [-0.2, -0.15) is 5.26 Å². The number of amidine groups is 1. The van der Waals surface area contributed by atoms with Gasteiger partial charge in [-0.3, -0.25) is 0 Å². The highest BCUT2D eigenvalue weighted by Crippen LogP contribution is 2.27. The maximum Gasteiger partial charge on any atom is 0.132 e. The molecule has 2 aromatic rings. The molecule has 33 heavy (non-hydrogen) atoms. The van der Waals surface area contributed by atoms with Gasteiger partial charge in [0.05, 0.1) is 23.0 Å². The molecular formula is C28H33FN4. The second-order valence-electron chi connectivity index (χ2n) is 7.78. The lowest BCUT2D eigenvalue weighted by molar-refractivity contribution is 0.623. The number of hydrogen-bond donors (Lipinski definition) is 1. The highest BCUT2D eigenvalue weighted by atomic mass is 19.1. The summed E-state index contributed by atoms with van der Waals surface area (Å²) in [6.07, 6.45) is 7.97. The summed E-state index contributed by atoms with van der Waals surface area (Å²) in [7, 11) is 1.87. The smallest absolute Gasteiger partial charge is 0.132 e. The number of benzene rings is 2. The molecule has 0 amide bonds. The topological polar surface area (TPSA) is 51.4 Å². The van der Waals surface area contributed by atoms with E-state index in [1.54, 1.807) is 36.4 Å². The third-order valence-electron chi connectivity index (χ3n) is 5.17. The molecule has 0 aliphatic rings. The Morgan fingerprint density at radius 2 is 1.97 bits per heavy atom. The number of nitrogens with one attached hydrogen (secondary N) is 1. The zero-order chi connectivity index (χ0) is 25.0. The van der Waals surface area contributed by atoms with Crippen LogP contribution in [0.15, 0.2) is 71.4 Å². The first-order valence-electron chi connectivity index (χ1n) is 10.8. The van der Waals surface area contributed by atoms with Crippen molar-refractivity contribution in [1.82, 2.24) is 0 Å². The van der Waals surface area contributed by atoms with Gasteiger partial charge >= 0.3 is 0 Å². The standard InChI is InChI=1S/C19H22N4.C9H11F/c1-7-14(4)15(5)22-19(8-2)23(6)18-12-16(13-20)10-11-17(18)21-9-3;1-7(2)8-4-3-5-9(10)6-8/h3,8,10-12,21H,2,7H2,1,4-6H3;3-7H,1-2H3/b15-14-,22-19?;. The summed E-state index contributed by atoms with van der Waals surface area (Å²) in [6, 6.07) is 16.5. The largest absolute Gasteiger partial charge is 0.328 e. The minimum Gasteiger partial charge on any atom is -0.328 e. The Balaban J connectivity index is 0.000000451. The van der Waals surface area contributed by atoms with Gasteiger partial charge in [0.25, 0.3) is 0 Å². The average molecular weight is 445 g/mol. The number of halogens is 1. The van der Waals surface area contributed by atoms with Gasteiger partial charge in [-0.1, -0.05) is 51.5 Å². The van der Waals surface area contributed by atoms with Crippen LogP contribution in [0.1, 0.15) is 58.1 Å². The van der Waals surface area contributed by atoms with Gasteiger partial charge in [0, 0.05) is 18.8 Å². The number of terminal acetylenes is 1. The Morgan fingerprint density at radius 3 is 2.45 bits per heavy atom. The van der Waals surface area contributed by atoms with E-state index in [2.05, 4.69) is 56.7 Å². The molecule has 0 radical (unpaired) electrons. The number of aliphatic imine (C=N–C) groups is 1. The van der Waals surface area contributed by atoms with E-state index in [1.807, 2.05) is 24.9 Å². The average Bonchev–Trinajstić information content (AvgIpc) is 2.82. The van der Waals surface area contributed by atoms with E-state index < -0.39 is 0 Å². The molecule has 0 spiro atoms. The van der Waals surface area contributed by atoms with E-state index in [4.69, 9.17) is 11.7 Å². The molecule has 4 nitrogen and oxygen atoms in total. The molecule has 2 rings (SSSR count). The third-order valence-corrected chi connectivity index (χ3v) is 5.17. The molecule has 0 aliphatic carbocycles. The SMILES string of the molecule is C#CNc1ccc(C#N)cc1N(C)C(C=C)=N/C(C)=C(/C)CC.CC(C)c1cccc(F)c1. The second-order valence-corrected chi connectivity index (χ2v) is 7.78. The van der Waals surface area contributed by atoms with Gasteiger partial charge in [0.2, 0.25) is 0 Å². The van der Waals surface area contributed by atoms with Gasteiger partial charge in [-0.25, -0.2) is 9.38 Å². The van der Waals surface area contributed by atoms with Gasteiger partial charge in [-0.05, 0) is 68.2 Å². The normalized spacial score (nSPS) is 11.4. The summed E-state index contributed by atoms with van der Waals surface area (Å²) in [5.74, 6) is 0.951. The van der Waals surface area contributed by atoms with Crippen LogP contribution in [-0.4, -0.2) is 12.9 Å². The summed E-state index contributed by atoms with van der Waals surface area (Å²) in [4.78, 5) is 6.50. The quantitative estimate of drug-likeness (QED) is 0.221. The van der Waals surface area contributed by atoms with Crippen LogP contribution in [0.5, 0.6) is 0 Å². The van der Waals surface area contributed by atoms with Gasteiger partial charge < -0.3 is 10.2 Å². The molecule has 0 unspecified atom stereocenters. The minimum atomic E-state index is -0.147. The van der Waals surface area contributed by atoms with E-state index in [-0.39, 0.29) is 5.82 Å². The fourth-order valence-electron chi connectivity index (χ4n) is 2.83. The molecule has 0 fully saturated rings. The number of anilines is 2. The number of hydrogen-bond acceptors (Lipinski definition) is 3. The lowest BCUT2D eigenvalue weighted by Crippen LogP contribution is -2.25. The van der Waals surface area contributed by atoms with Gasteiger partial charge in [0.1, 0.15) is 11.7 Å². The van der Waals surface area contributed by atoms with Crippen molar-refractivity contribution < 1.29 is 4.39 Å². The molecule has 0 heterocycles. The zero-order valence-electron chi connectivity index (χ0n) is 20.4. The van der Waals surface area contributed by atoms with Crippen molar-refractivity contribution in [2.24, 2.45) is 4.99 Å². The molecule has 0 aliphatic heterocycles. The molecule has 0 atom stereocenters. The second kappa shape index (κ2) is 13.6. The van der Waals surface area contributed by atoms with Crippen molar-refractivity contribution in [3.05, 3.63) is 83.3 Å². The summed E-state index contributed by atoms with van der Waals surface area (Å²) < 4.78 is 12.5. The number of likely N-dealkylation sites (N-methyl/N-ethyl adjacent to an activating group) is 1. The maximum absolute atomic E-state index is 12.5.